The summed E-state index contributed by atoms with van der Waals surface area (Å²) < 4.78 is 5.10. The van der Waals surface area contributed by atoms with E-state index in [1.54, 1.807) is 17.0 Å². The zero-order valence-corrected chi connectivity index (χ0v) is 11.5. The predicted molar refractivity (Wildman–Crippen MR) is 78.5 cm³/mol. The van der Waals surface area contributed by atoms with Crippen LogP contribution in [0.25, 0.3) is 0 Å². The Hall–Kier alpha value is -2.49. The minimum Gasteiger partial charge on any atom is -0.507 e. The van der Waals surface area contributed by atoms with Crippen LogP contribution in [0, 0.1) is 0 Å². The van der Waals surface area contributed by atoms with Gasteiger partial charge in [-0.2, -0.15) is 0 Å². The molecule has 0 spiro atoms. The maximum Gasteiger partial charge on any atom is 0.262 e. The number of anilines is 1. The summed E-state index contributed by atoms with van der Waals surface area (Å²) in [7, 11) is 1.52. The summed E-state index contributed by atoms with van der Waals surface area (Å²) in [5.74, 6) is 0.232. The van der Waals surface area contributed by atoms with E-state index in [9.17, 15) is 9.90 Å². The van der Waals surface area contributed by atoms with Crippen LogP contribution < -0.4 is 9.64 Å². The van der Waals surface area contributed by atoms with E-state index in [1.807, 2.05) is 37.3 Å². The van der Waals surface area contributed by atoms with Gasteiger partial charge in [-0.1, -0.05) is 18.2 Å². The van der Waals surface area contributed by atoms with Crippen LogP contribution in [0.3, 0.4) is 0 Å². The Bertz CT molecular complexity index is 596. The SMILES string of the molecule is CCN(C(=O)c1cc(OC)ccc1O)c1ccccc1. The van der Waals surface area contributed by atoms with E-state index in [-0.39, 0.29) is 17.2 Å². The summed E-state index contributed by atoms with van der Waals surface area (Å²) in [5, 5.41) is 9.89. The third-order valence-electron chi connectivity index (χ3n) is 3.06. The van der Waals surface area contributed by atoms with E-state index >= 15 is 0 Å². The smallest absolute Gasteiger partial charge is 0.262 e. The van der Waals surface area contributed by atoms with E-state index < -0.39 is 0 Å². The molecule has 0 heterocycles. The molecule has 0 saturated carbocycles. The first-order valence-electron chi connectivity index (χ1n) is 6.41. The van der Waals surface area contributed by atoms with Crippen molar-refractivity contribution in [2.24, 2.45) is 0 Å². The summed E-state index contributed by atoms with van der Waals surface area (Å²) in [6.45, 7) is 2.40. The molecule has 0 radical (unpaired) electrons. The van der Waals surface area contributed by atoms with Gasteiger partial charge in [-0.25, -0.2) is 0 Å². The molecule has 4 heteroatoms. The average molecular weight is 271 g/mol. The molecule has 0 aliphatic heterocycles. The fourth-order valence-corrected chi connectivity index (χ4v) is 2.01. The lowest BCUT2D eigenvalue weighted by Gasteiger charge is -2.21. The number of ether oxygens (including phenoxy) is 1. The van der Waals surface area contributed by atoms with Crippen LogP contribution in [0.4, 0.5) is 5.69 Å². The second-order valence-electron chi connectivity index (χ2n) is 4.27. The average Bonchev–Trinajstić information content (AvgIpc) is 2.49. The van der Waals surface area contributed by atoms with Gasteiger partial charge in [0, 0.05) is 12.2 Å². The van der Waals surface area contributed by atoms with Crippen molar-refractivity contribution >= 4 is 11.6 Å². The van der Waals surface area contributed by atoms with Gasteiger partial charge in [0.25, 0.3) is 5.91 Å². The zero-order valence-electron chi connectivity index (χ0n) is 11.5. The molecule has 104 valence electrons. The maximum absolute atomic E-state index is 12.6. The molecular weight excluding hydrogens is 254 g/mol. The molecule has 0 atom stereocenters. The highest BCUT2D eigenvalue weighted by atomic mass is 16.5. The van der Waals surface area contributed by atoms with Crippen molar-refractivity contribution in [1.82, 2.24) is 0 Å². The predicted octanol–water partition coefficient (Wildman–Crippen LogP) is 3.07. The van der Waals surface area contributed by atoms with E-state index in [2.05, 4.69) is 0 Å². The summed E-state index contributed by atoms with van der Waals surface area (Å²) in [6, 6.07) is 14.0. The fourth-order valence-electron chi connectivity index (χ4n) is 2.01. The first-order valence-corrected chi connectivity index (χ1v) is 6.41. The number of nitrogens with zero attached hydrogens (tertiary/aromatic N) is 1. The third kappa shape index (κ3) is 2.74. The summed E-state index contributed by atoms with van der Waals surface area (Å²) in [4.78, 5) is 14.2. The molecule has 0 aliphatic rings. The van der Waals surface area contributed by atoms with Gasteiger partial charge in [0.2, 0.25) is 0 Å². The van der Waals surface area contributed by atoms with Gasteiger partial charge >= 0.3 is 0 Å². The number of hydrogen-bond acceptors (Lipinski definition) is 3. The molecule has 0 unspecified atom stereocenters. The number of rotatable bonds is 4. The first-order chi connectivity index (χ1) is 9.67. The Balaban J connectivity index is 2.39. The number of benzene rings is 2. The van der Waals surface area contributed by atoms with Crippen molar-refractivity contribution in [1.29, 1.82) is 0 Å². The molecule has 0 aromatic heterocycles. The molecule has 0 saturated heterocycles. The number of hydrogen-bond donors (Lipinski definition) is 1. The quantitative estimate of drug-likeness (QED) is 0.929. The highest BCUT2D eigenvalue weighted by Crippen LogP contribution is 2.26. The Kier molecular flexibility index (Phi) is 4.25. The Morgan fingerprint density at radius 2 is 1.90 bits per heavy atom. The molecule has 0 aliphatic carbocycles. The van der Waals surface area contributed by atoms with E-state index in [4.69, 9.17) is 4.74 Å². The Morgan fingerprint density at radius 1 is 1.20 bits per heavy atom. The molecule has 2 aromatic rings. The second kappa shape index (κ2) is 6.10. The molecule has 2 aromatic carbocycles. The molecule has 20 heavy (non-hydrogen) atoms. The van der Waals surface area contributed by atoms with Crippen molar-refractivity contribution < 1.29 is 14.6 Å². The van der Waals surface area contributed by atoms with Crippen LogP contribution in [0.2, 0.25) is 0 Å². The first kappa shape index (κ1) is 13.9. The van der Waals surface area contributed by atoms with Crippen molar-refractivity contribution in [3.8, 4) is 11.5 Å². The lowest BCUT2D eigenvalue weighted by Crippen LogP contribution is -2.30. The van der Waals surface area contributed by atoms with Gasteiger partial charge < -0.3 is 14.7 Å². The standard InChI is InChI=1S/C16H17NO3/c1-3-17(12-7-5-4-6-8-12)16(19)14-11-13(20-2)9-10-15(14)18/h4-11,18H,3H2,1-2H3. The molecule has 1 N–H and O–H groups in total. The molecular formula is C16H17NO3. The van der Waals surface area contributed by atoms with Gasteiger partial charge in [0.05, 0.1) is 12.7 Å². The second-order valence-corrected chi connectivity index (χ2v) is 4.27. The van der Waals surface area contributed by atoms with Crippen LogP contribution in [0.15, 0.2) is 48.5 Å². The Labute approximate surface area is 118 Å². The van der Waals surface area contributed by atoms with E-state index in [1.165, 1.54) is 13.2 Å². The highest BCUT2D eigenvalue weighted by molar-refractivity contribution is 6.08. The van der Waals surface area contributed by atoms with Gasteiger partial charge in [-0.3, -0.25) is 4.79 Å². The van der Waals surface area contributed by atoms with Gasteiger partial charge in [-0.15, -0.1) is 0 Å². The van der Waals surface area contributed by atoms with Crippen LogP contribution in [-0.2, 0) is 0 Å². The van der Waals surface area contributed by atoms with Gasteiger partial charge in [-0.05, 0) is 37.3 Å². The maximum atomic E-state index is 12.6. The number of carbonyl (C=O) groups excluding carboxylic acids is 1. The van der Waals surface area contributed by atoms with E-state index in [0.717, 1.165) is 5.69 Å². The number of para-hydroxylation sites is 1. The van der Waals surface area contributed by atoms with Crippen LogP contribution in [0.5, 0.6) is 11.5 Å². The zero-order chi connectivity index (χ0) is 14.5. The minimum atomic E-state index is -0.255. The van der Waals surface area contributed by atoms with Crippen molar-refractivity contribution in [2.75, 3.05) is 18.6 Å². The van der Waals surface area contributed by atoms with Crippen LogP contribution in [-0.4, -0.2) is 24.7 Å². The van der Waals surface area contributed by atoms with Crippen molar-refractivity contribution in [3.63, 3.8) is 0 Å². The normalized spacial score (nSPS) is 10.1. The number of aromatic hydroxyl groups is 1. The summed E-state index contributed by atoms with van der Waals surface area (Å²) >= 11 is 0. The Morgan fingerprint density at radius 3 is 2.50 bits per heavy atom. The van der Waals surface area contributed by atoms with E-state index in [0.29, 0.717) is 12.3 Å². The number of phenols is 1. The summed E-state index contributed by atoms with van der Waals surface area (Å²) in [6.07, 6.45) is 0. The molecule has 2 rings (SSSR count). The van der Waals surface area contributed by atoms with Crippen LogP contribution in [0.1, 0.15) is 17.3 Å². The van der Waals surface area contributed by atoms with Crippen molar-refractivity contribution in [2.45, 2.75) is 6.92 Å². The lowest BCUT2D eigenvalue weighted by atomic mass is 10.1. The minimum absolute atomic E-state index is 0.0508. The fraction of sp³-hybridized carbons (Fsp3) is 0.188. The number of amides is 1. The number of methoxy groups -OCH3 is 1. The molecule has 0 fully saturated rings. The van der Waals surface area contributed by atoms with Gasteiger partial charge in [0.15, 0.2) is 0 Å². The monoisotopic (exact) mass is 271 g/mol. The number of phenolic OH excluding ortho intramolecular Hbond substituents is 1. The largest absolute Gasteiger partial charge is 0.507 e. The molecule has 0 bridgehead atoms. The third-order valence-corrected chi connectivity index (χ3v) is 3.06. The van der Waals surface area contributed by atoms with Gasteiger partial charge in [0.1, 0.15) is 11.5 Å². The lowest BCUT2D eigenvalue weighted by molar-refractivity contribution is 0.0985. The van der Waals surface area contributed by atoms with Crippen molar-refractivity contribution in [3.05, 3.63) is 54.1 Å². The van der Waals surface area contributed by atoms with Crippen LogP contribution >= 0.6 is 0 Å². The highest BCUT2D eigenvalue weighted by Gasteiger charge is 2.19. The number of carbonyl (C=O) groups is 1. The molecule has 4 nitrogen and oxygen atoms in total. The summed E-state index contributed by atoms with van der Waals surface area (Å²) in [5.41, 5.74) is 1.03. The molecule has 1 amide bonds. The topological polar surface area (TPSA) is 49.8 Å².